The fourth-order valence-corrected chi connectivity index (χ4v) is 2.63. The molecule has 2 rings (SSSR count). The first kappa shape index (κ1) is 21.3. The predicted molar refractivity (Wildman–Crippen MR) is 114 cm³/mol. The van der Waals surface area contributed by atoms with E-state index in [9.17, 15) is 4.79 Å². The first-order chi connectivity index (χ1) is 13.5. The van der Waals surface area contributed by atoms with E-state index in [0.717, 1.165) is 16.9 Å². The molecule has 0 saturated heterocycles. The Bertz CT molecular complexity index is 787. The van der Waals surface area contributed by atoms with Gasteiger partial charge < -0.3 is 20.7 Å². The van der Waals surface area contributed by atoms with Crippen molar-refractivity contribution in [1.82, 2.24) is 16.0 Å². The van der Waals surface area contributed by atoms with Gasteiger partial charge in [-0.15, -0.1) is 0 Å². The lowest BCUT2D eigenvalue weighted by Crippen LogP contribution is -2.41. The van der Waals surface area contributed by atoms with Gasteiger partial charge in [0.2, 0.25) is 0 Å². The summed E-state index contributed by atoms with van der Waals surface area (Å²) in [6, 6.07) is 15.5. The third-order valence-corrected chi connectivity index (χ3v) is 4.22. The Morgan fingerprint density at radius 3 is 2.43 bits per heavy atom. The number of aryl methyl sites for hydroxylation is 1. The minimum absolute atomic E-state index is 0.00369. The van der Waals surface area contributed by atoms with Crippen LogP contribution < -0.4 is 20.7 Å². The van der Waals surface area contributed by atoms with Crippen molar-refractivity contribution >= 4 is 11.9 Å². The van der Waals surface area contributed by atoms with E-state index >= 15 is 0 Å². The highest BCUT2D eigenvalue weighted by Crippen LogP contribution is 2.17. The molecule has 6 nitrogen and oxygen atoms in total. The molecule has 0 saturated carbocycles. The summed E-state index contributed by atoms with van der Waals surface area (Å²) in [5, 5.41) is 9.34. The van der Waals surface area contributed by atoms with E-state index in [0.29, 0.717) is 31.2 Å². The normalized spacial score (nSPS) is 12.2. The summed E-state index contributed by atoms with van der Waals surface area (Å²) in [4.78, 5) is 16.0. The van der Waals surface area contributed by atoms with Crippen LogP contribution in [0.3, 0.4) is 0 Å². The zero-order valence-corrected chi connectivity index (χ0v) is 17.1. The van der Waals surface area contributed by atoms with Crippen LogP contribution >= 0.6 is 0 Å². The highest BCUT2D eigenvalue weighted by Gasteiger charge is 2.08. The van der Waals surface area contributed by atoms with Gasteiger partial charge >= 0.3 is 0 Å². The number of carbonyl (C=O) groups excluding carboxylic acids is 1. The Balaban J connectivity index is 1.79. The maximum Gasteiger partial charge on any atom is 0.251 e. The number of hydrogen-bond acceptors (Lipinski definition) is 3. The van der Waals surface area contributed by atoms with Crippen LogP contribution in [0.1, 0.15) is 35.3 Å². The molecule has 1 amide bonds. The zero-order chi connectivity index (χ0) is 20.4. The summed E-state index contributed by atoms with van der Waals surface area (Å²) in [6.07, 6.45) is -0.00369. The first-order valence-electron chi connectivity index (χ1n) is 9.57. The largest absolute Gasteiger partial charge is 0.489 e. The molecule has 2 aromatic rings. The Hall–Kier alpha value is -3.02. The quantitative estimate of drug-likeness (QED) is 0.485. The van der Waals surface area contributed by atoms with Crippen LogP contribution in [0, 0.1) is 6.92 Å². The predicted octanol–water partition coefficient (Wildman–Crippen LogP) is 2.88. The summed E-state index contributed by atoms with van der Waals surface area (Å²) in [5.41, 5.74) is 2.85. The monoisotopic (exact) mass is 382 g/mol. The number of hydrogen-bond donors (Lipinski definition) is 3. The highest BCUT2D eigenvalue weighted by molar-refractivity contribution is 5.94. The molecule has 0 aromatic heterocycles. The number of aliphatic imine (C=N–C) groups is 1. The van der Waals surface area contributed by atoms with Gasteiger partial charge in [0.05, 0.1) is 6.54 Å². The van der Waals surface area contributed by atoms with Crippen molar-refractivity contribution in [3.8, 4) is 5.75 Å². The molecule has 0 spiro atoms. The second-order valence-electron chi connectivity index (χ2n) is 6.56. The summed E-state index contributed by atoms with van der Waals surface area (Å²) in [6.45, 7) is 7.82. The molecule has 2 aromatic carbocycles. The van der Waals surface area contributed by atoms with Crippen LogP contribution in [0.15, 0.2) is 53.5 Å². The van der Waals surface area contributed by atoms with E-state index < -0.39 is 0 Å². The van der Waals surface area contributed by atoms with Crippen LogP contribution in [0.25, 0.3) is 0 Å². The average Bonchev–Trinajstić information content (AvgIpc) is 2.70. The van der Waals surface area contributed by atoms with Gasteiger partial charge in [0, 0.05) is 25.7 Å². The highest BCUT2D eigenvalue weighted by atomic mass is 16.5. The van der Waals surface area contributed by atoms with Gasteiger partial charge in [0.15, 0.2) is 5.96 Å². The molecule has 0 aliphatic heterocycles. The first-order valence-corrected chi connectivity index (χ1v) is 9.57. The molecule has 0 aliphatic carbocycles. The van der Waals surface area contributed by atoms with E-state index in [1.807, 2.05) is 69.3 Å². The van der Waals surface area contributed by atoms with E-state index in [2.05, 4.69) is 20.9 Å². The number of amides is 1. The maximum atomic E-state index is 11.8. The van der Waals surface area contributed by atoms with E-state index in [4.69, 9.17) is 4.74 Å². The van der Waals surface area contributed by atoms with Crippen molar-refractivity contribution in [2.45, 2.75) is 33.4 Å². The van der Waals surface area contributed by atoms with Crippen molar-refractivity contribution in [2.24, 2.45) is 4.99 Å². The third-order valence-electron chi connectivity index (χ3n) is 4.22. The lowest BCUT2D eigenvalue weighted by Gasteiger charge is -2.19. The molecular formula is C22H30N4O2. The molecule has 1 atom stereocenters. The molecule has 0 heterocycles. The van der Waals surface area contributed by atoms with Gasteiger partial charge in [0.25, 0.3) is 5.91 Å². The van der Waals surface area contributed by atoms with E-state index in [1.54, 1.807) is 7.05 Å². The van der Waals surface area contributed by atoms with E-state index in [1.165, 1.54) is 0 Å². The smallest absolute Gasteiger partial charge is 0.251 e. The molecular weight excluding hydrogens is 352 g/mol. The van der Waals surface area contributed by atoms with Gasteiger partial charge in [0.1, 0.15) is 11.9 Å². The molecule has 0 bridgehead atoms. The standard InChI is InChI=1S/C22H30N4O2/c1-5-24-21(27)19-12-10-18(11-13-19)15-26-22(23-4)25-14-17(3)28-20-9-7-6-8-16(20)2/h6-13,17H,5,14-15H2,1-4H3,(H,24,27)(H2,23,25,26). The van der Waals surface area contributed by atoms with Gasteiger partial charge in [-0.05, 0) is 50.1 Å². The Morgan fingerprint density at radius 1 is 1.07 bits per heavy atom. The molecule has 0 radical (unpaired) electrons. The maximum absolute atomic E-state index is 11.8. The van der Waals surface area contributed by atoms with Crippen LogP contribution in [-0.2, 0) is 6.54 Å². The van der Waals surface area contributed by atoms with Gasteiger partial charge in [-0.3, -0.25) is 9.79 Å². The van der Waals surface area contributed by atoms with Crippen molar-refractivity contribution in [3.63, 3.8) is 0 Å². The molecule has 28 heavy (non-hydrogen) atoms. The second kappa shape index (κ2) is 11.0. The zero-order valence-electron chi connectivity index (χ0n) is 17.1. The lowest BCUT2D eigenvalue weighted by molar-refractivity contribution is 0.0956. The van der Waals surface area contributed by atoms with Crippen molar-refractivity contribution in [3.05, 3.63) is 65.2 Å². The van der Waals surface area contributed by atoms with E-state index in [-0.39, 0.29) is 12.0 Å². The molecule has 3 N–H and O–H groups in total. The van der Waals surface area contributed by atoms with Crippen molar-refractivity contribution in [2.75, 3.05) is 20.1 Å². The third kappa shape index (κ3) is 6.61. The number of ether oxygens (including phenoxy) is 1. The van der Waals surface area contributed by atoms with Crippen LogP contribution in [0.4, 0.5) is 0 Å². The number of nitrogens with zero attached hydrogens (tertiary/aromatic N) is 1. The van der Waals surface area contributed by atoms with Gasteiger partial charge in [-0.2, -0.15) is 0 Å². The summed E-state index contributed by atoms with van der Waals surface area (Å²) in [5.74, 6) is 1.54. The number of carbonyl (C=O) groups is 1. The molecule has 1 unspecified atom stereocenters. The number of nitrogens with one attached hydrogen (secondary N) is 3. The SMILES string of the molecule is CCNC(=O)c1ccc(CNC(=NC)NCC(C)Oc2ccccc2C)cc1. The second-order valence-corrected chi connectivity index (χ2v) is 6.56. The van der Waals surface area contributed by atoms with Gasteiger partial charge in [-0.1, -0.05) is 30.3 Å². The Kier molecular flexibility index (Phi) is 8.34. The van der Waals surface area contributed by atoms with Crippen molar-refractivity contribution < 1.29 is 9.53 Å². The topological polar surface area (TPSA) is 74.8 Å². The van der Waals surface area contributed by atoms with Gasteiger partial charge in [-0.25, -0.2) is 0 Å². The van der Waals surface area contributed by atoms with Crippen LogP contribution in [-0.4, -0.2) is 38.1 Å². The minimum atomic E-state index is -0.0536. The number of rotatable bonds is 8. The summed E-state index contributed by atoms with van der Waals surface area (Å²) >= 11 is 0. The van der Waals surface area contributed by atoms with Crippen LogP contribution in [0.5, 0.6) is 5.75 Å². The molecule has 0 aliphatic rings. The minimum Gasteiger partial charge on any atom is -0.489 e. The number of para-hydroxylation sites is 1. The van der Waals surface area contributed by atoms with Crippen LogP contribution in [0.2, 0.25) is 0 Å². The lowest BCUT2D eigenvalue weighted by atomic mass is 10.1. The average molecular weight is 383 g/mol. The fraction of sp³-hybridized carbons (Fsp3) is 0.364. The Labute approximate surface area is 167 Å². The molecule has 150 valence electrons. The molecule has 0 fully saturated rings. The van der Waals surface area contributed by atoms with Crippen molar-refractivity contribution in [1.29, 1.82) is 0 Å². The summed E-state index contributed by atoms with van der Waals surface area (Å²) < 4.78 is 5.98. The Morgan fingerprint density at radius 2 is 1.79 bits per heavy atom. The number of guanidine groups is 1. The number of benzene rings is 2. The summed E-state index contributed by atoms with van der Waals surface area (Å²) in [7, 11) is 1.74. The fourth-order valence-electron chi connectivity index (χ4n) is 2.63. The molecule has 6 heteroatoms.